The van der Waals surface area contributed by atoms with Crippen LogP contribution in [0.15, 0.2) is 81.7 Å². The third-order valence-corrected chi connectivity index (χ3v) is 15.7. The number of ether oxygens (including phenoxy) is 12. The van der Waals surface area contributed by atoms with Gasteiger partial charge in [0.1, 0.15) is 125 Å². The van der Waals surface area contributed by atoms with E-state index >= 15 is 0 Å². The number of esters is 3. The number of phenols is 6. The van der Waals surface area contributed by atoms with Crippen molar-refractivity contribution in [2.45, 2.75) is 142 Å². The molecule has 5 aliphatic heterocycles. The van der Waals surface area contributed by atoms with Crippen molar-refractivity contribution in [3.8, 4) is 63.1 Å². The second-order valence-electron chi connectivity index (χ2n) is 22.2. The summed E-state index contributed by atoms with van der Waals surface area (Å²) in [5, 5.41) is 191. The number of aliphatic hydroxyl groups excluding tert-OH is 11. The summed E-state index contributed by atoms with van der Waals surface area (Å²) in [7, 11) is 0. The van der Waals surface area contributed by atoms with Gasteiger partial charge in [-0.1, -0.05) is 0 Å². The molecule has 4 saturated heterocycles. The first-order chi connectivity index (χ1) is 45.0. The van der Waals surface area contributed by atoms with Crippen LogP contribution in [0.2, 0.25) is 0 Å². The summed E-state index contributed by atoms with van der Waals surface area (Å²) < 4.78 is 72.3. The van der Waals surface area contributed by atoms with Gasteiger partial charge in [0.05, 0.1) is 24.8 Å². The second kappa shape index (κ2) is 28.2. The minimum atomic E-state index is -2.42. The fourth-order valence-corrected chi connectivity index (χ4v) is 10.9. The van der Waals surface area contributed by atoms with Crippen molar-refractivity contribution in [2.75, 3.05) is 19.8 Å². The molecule has 6 heterocycles. The van der Waals surface area contributed by atoms with Crippen molar-refractivity contribution in [2.24, 2.45) is 0 Å². The number of carbonyl (C=O) groups excluding carboxylic acids is 3. The van der Waals surface area contributed by atoms with E-state index in [9.17, 15) is 116 Å². The number of carbonyl (C=O) groups is 4. The van der Waals surface area contributed by atoms with Crippen LogP contribution in [0.3, 0.4) is 0 Å². The van der Waals surface area contributed by atoms with Crippen molar-refractivity contribution in [1.29, 1.82) is 0 Å². The summed E-state index contributed by atoms with van der Waals surface area (Å²) in [5.74, 6) is -11.7. The maximum absolute atomic E-state index is 14.7. The Hall–Kier alpha value is -8.93. The molecular weight excluding hydrogens is 1280 g/mol. The van der Waals surface area contributed by atoms with E-state index in [1.165, 1.54) is 30.3 Å². The molecule has 21 atom stereocenters. The topological polar surface area (TPSA) is 577 Å². The number of hydrogen-bond acceptors (Lipinski definition) is 34. The van der Waals surface area contributed by atoms with Crippen LogP contribution >= 0.6 is 0 Å². The normalized spacial score (nSPS) is 32.2. The summed E-state index contributed by atoms with van der Waals surface area (Å²) in [6.45, 7) is -2.02. The summed E-state index contributed by atoms with van der Waals surface area (Å²) in [5.41, 5.74) is -1.87. The first kappa shape index (κ1) is 68.9. The average Bonchev–Trinajstić information content (AvgIpc) is 0.764. The van der Waals surface area contributed by atoms with E-state index in [0.29, 0.717) is 6.07 Å². The predicted octanol–water partition coefficient (Wildman–Crippen LogP) is -4.12. The van der Waals surface area contributed by atoms with E-state index in [1.54, 1.807) is 0 Å². The van der Waals surface area contributed by atoms with Crippen LogP contribution in [0.4, 0.5) is 0 Å². The van der Waals surface area contributed by atoms with Gasteiger partial charge in [-0.3, -0.25) is 19.2 Å². The molecule has 5 aromatic rings. The van der Waals surface area contributed by atoms with Crippen molar-refractivity contribution in [1.82, 2.24) is 0 Å². The van der Waals surface area contributed by atoms with E-state index in [-0.39, 0.29) is 33.9 Å². The minimum Gasteiger partial charge on any atom is -0.571 e. The Kier molecular flexibility index (Phi) is 20.4. The Bertz CT molecular complexity index is 3740. The number of phenolic OH excluding ortho intramolecular Hbond substituents is 6. The van der Waals surface area contributed by atoms with Gasteiger partial charge in [-0.05, 0) is 42.5 Å². The largest absolute Gasteiger partial charge is 0.571 e. The van der Waals surface area contributed by atoms with Crippen molar-refractivity contribution in [3.63, 3.8) is 0 Å². The van der Waals surface area contributed by atoms with Crippen LogP contribution in [0, 0.1) is 0 Å². The van der Waals surface area contributed by atoms with Gasteiger partial charge >= 0.3 is 23.9 Å². The number of aromatic hydroxyl groups is 7. The van der Waals surface area contributed by atoms with Gasteiger partial charge in [-0.15, -0.1) is 0 Å². The number of rotatable bonds is 19. The zero-order valence-corrected chi connectivity index (χ0v) is 48.8. The van der Waals surface area contributed by atoms with Crippen molar-refractivity contribution in [3.05, 3.63) is 93.8 Å². The predicted molar refractivity (Wildman–Crippen MR) is 302 cm³/mol. The lowest BCUT2D eigenvalue weighted by molar-refractivity contribution is -0.358. The van der Waals surface area contributed by atoms with E-state index in [1.807, 2.05) is 0 Å². The maximum Gasteiger partial charge on any atom is 0.335 e. The molecule has 514 valence electrons. The van der Waals surface area contributed by atoms with Crippen LogP contribution in [0.1, 0.15) is 30.6 Å². The highest BCUT2D eigenvalue weighted by molar-refractivity contribution is 5.91. The molecule has 4 fully saturated rings. The third kappa shape index (κ3) is 14.2. The molecule has 0 aliphatic carbocycles. The molecule has 0 saturated carbocycles. The molecule has 0 bridgehead atoms. The van der Waals surface area contributed by atoms with Gasteiger partial charge in [0, 0.05) is 36.8 Å². The molecule has 21 unspecified atom stereocenters. The molecule has 95 heavy (non-hydrogen) atoms. The number of aliphatic carboxylic acids is 1. The Morgan fingerprint density at radius 1 is 0.558 bits per heavy atom. The monoisotopic (exact) mass is 1350 g/mol. The van der Waals surface area contributed by atoms with E-state index < -0.39 is 241 Å². The molecule has 0 spiro atoms. The van der Waals surface area contributed by atoms with E-state index in [4.69, 9.17) is 56.5 Å². The van der Waals surface area contributed by atoms with Gasteiger partial charge in [-0.25, -0.2) is 4.79 Å². The third-order valence-electron chi connectivity index (χ3n) is 15.7. The van der Waals surface area contributed by atoms with Crippen LogP contribution in [-0.4, -0.2) is 263 Å². The molecule has 5 aliphatic rings. The Morgan fingerprint density at radius 3 is 1.87 bits per heavy atom. The average molecular weight is 1350 g/mol. The highest BCUT2D eigenvalue weighted by Gasteiger charge is 2.55. The zero-order valence-electron chi connectivity index (χ0n) is 48.8. The number of carboxylic acid groups (broad SMARTS) is 1. The highest BCUT2D eigenvalue weighted by atomic mass is 16.8. The standard InChI is InChI=1S/C59H62O36/c1-18(62)84-50-40(73)34(91-57(47(50)80)88-31-13-24-26(66)9-22(64)10-29(24)86-48(31)20-4-7-25(65)27(67)8-20)17-83-35(69)14-36(70)92-53-45(78)44(77)52(55(81)82)94-58(53)85-23-11-28(68)37-30(12-23)87-49(19-2-5-21(63)6-3-19)51(41(37)74)93-59-54(43(76)39(72)33(16-61)90-59)95-56-46(79)42(75)38(71)32(15-60)89-56/h2-13,32-34,38-40,42-48,50,52-54,56-61,63-68,71-73,75-80H,14-17H2,1H3,(H,81,82)/p+1. The van der Waals surface area contributed by atoms with Crippen molar-refractivity contribution >= 4 is 40.9 Å². The fraction of sp³-hybridized carbons (Fsp3) is 0.441. The lowest BCUT2D eigenvalue weighted by Gasteiger charge is -2.45. The molecule has 36 nitrogen and oxygen atoms in total. The first-order valence-corrected chi connectivity index (χ1v) is 28.6. The molecule has 4 aromatic carbocycles. The van der Waals surface area contributed by atoms with Crippen molar-refractivity contribution < 1.29 is 172 Å². The molecule has 0 amide bonds. The quantitative estimate of drug-likeness (QED) is 0.0123. The van der Waals surface area contributed by atoms with Crippen LogP contribution in [0.5, 0.6) is 51.7 Å². The van der Waals surface area contributed by atoms with E-state index in [2.05, 4.69) is 4.74 Å². The molecular formula is C59H63O36+. The van der Waals surface area contributed by atoms with Gasteiger partial charge in [0.15, 0.2) is 59.8 Å². The van der Waals surface area contributed by atoms with Crippen LogP contribution in [0.25, 0.3) is 28.4 Å². The summed E-state index contributed by atoms with van der Waals surface area (Å²) >= 11 is 0. The lowest BCUT2D eigenvalue weighted by Crippen LogP contribution is -2.65. The number of benzene rings is 4. The summed E-state index contributed by atoms with van der Waals surface area (Å²) in [6.07, 6.45) is -42.5. The minimum absolute atomic E-state index is 0.0135. The molecule has 0 radical (unpaired) electrons. The highest BCUT2D eigenvalue weighted by Crippen LogP contribution is 2.47. The number of carboxylic acids is 1. The number of aliphatic hydroxyl groups is 12. The van der Waals surface area contributed by atoms with Crippen LogP contribution < -0.4 is 14.9 Å². The molecule has 19 N–H and O–H groups in total. The zero-order chi connectivity index (χ0) is 68.8. The van der Waals surface area contributed by atoms with Gasteiger partial charge in [0.2, 0.25) is 30.0 Å². The Morgan fingerprint density at radius 2 is 1.21 bits per heavy atom. The van der Waals surface area contributed by atoms with Gasteiger partial charge < -0.3 is 153 Å². The fourth-order valence-electron chi connectivity index (χ4n) is 10.9. The maximum atomic E-state index is 14.7. The molecule has 1 aromatic heterocycles. The Balaban J connectivity index is 0.883. The Labute approximate surface area is 531 Å². The number of fused-ring (bicyclic) bond motifs is 2. The van der Waals surface area contributed by atoms with Gasteiger partial charge in [-0.2, -0.15) is 0 Å². The summed E-state index contributed by atoms with van der Waals surface area (Å²) in [6, 6.07) is 11.9. The summed E-state index contributed by atoms with van der Waals surface area (Å²) in [4.78, 5) is 66.2. The smallest absolute Gasteiger partial charge is 0.335 e. The lowest BCUT2D eigenvalue weighted by atomic mass is 9.97. The van der Waals surface area contributed by atoms with Gasteiger partial charge in [0.25, 0.3) is 11.9 Å². The molecule has 36 heteroatoms. The van der Waals surface area contributed by atoms with E-state index in [0.717, 1.165) is 43.3 Å². The number of hydrogen-bond donors (Lipinski definition) is 18. The second-order valence-corrected chi connectivity index (χ2v) is 22.2. The SMILES string of the molecule is CC(=O)OC1C(O)C(COC(=O)CC(=O)OC2C(Oc3cc(O)c4c(=O)c(OC5OC(CO)C(O)C(O)C5OC5OC(CO)C(O)C(O)C5O)c(-c5ccc(O)cc5)oc4c3)OC(C(=O)O)C(O)C2O)OC(OC2=Cc3c(O)cc(O)cc3[OH+]C2c2ccc(O)c(O)c2)C1O. The van der Waals surface area contributed by atoms with Crippen LogP contribution in [-0.2, 0) is 61.8 Å². The molecule has 10 rings (SSSR count). The first-order valence-electron chi connectivity index (χ1n) is 28.6.